The molecule has 1 aromatic heterocycles. The van der Waals surface area contributed by atoms with Crippen LogP contribution >= 0.6 is 11.6 Å². The number of nitrogens with zero attached hydrogens (tertiary/aromatic N) is 2. The molecule has 0 aliphatic carbocycles. The van der Waals surface area contributed by atoms with Crippen molar-refractivity contribution in [3.05, 3.63) is 41.2 Å². The lowest BCUT2D eigenvalue weighted by Crippen LogP contribution is -2.35. The van der Waals surface area contributed by atoms with Gasteiger partial charge in [0.15, 0.2) is 0 Å². The van der Waals surface area contributed by atoms with Gasteiger partial charge in [0.05, 0.1) is 5.69 Å². The van der Waals surface area contributed by atoms with E-state index in [9.17, 15) is 9.90 Å². The van der Waals surface area contributed by atoms with Gasteiger partial charge >= 0.3 is 5.97 Å². The predicted octanol–water partition coefficient (Wildman–Crippen LogP) is 3.04. The standard InChI is InChI=1S/C15H15ClN2O3/c16-11-5-3-10(4-6-11)14-17-12(9-21-14)8-18-7-1-2-13(18)15(19)20/h3-6,9,13H,1-2,7-8H2,(H,19,20). The summed E-state index contributed by atoms with van der Waals surface area (Å²) in [5, 5.41) is 9.83. The maximum Gasteiger partial charge on any atom is 0.320 e. The van der Waals surface area contributed by atoms with Gasteiger partial charge in [-0.2, -0.15) is 0 Å². The van der Waals surface area contributed by atoms with Crippen LogP contribution in [0.1, 0.15) is 18.5 Å². The fourth-order valence-electron chi connectivity index (χ4n) is 2.61. The van der Waals surface area contributed by atoms with E-state index in [1.807, 2.05) is 17.0 Å². The molecule has 0 radical (unpaired) electrons. The third-order valence-corrected chi connectivity index (χ3v) is 3.91. The molecule has 1 N–H and O–H groups in total. The molecule has 2 heterocycles. The van der Waals surface area contributed by atoms with Gasteiger partial charge in [0.2, 0.25) is 5.89 Å². The summed E-state index contributed by atoms with van der Waals surface area (Å²) >= 11 is 5.85. The number of carboxylic acid groups (broad SMARTS) is 1. The molecular formula is C15H15ClN2O3. The zero-order chi connectivity index (χ0) is 14.8. The van der Waals surface area contributed by atoms with Crippen molar-refractivity contribution >= 4 is 17.6 Å². The number of halogens is 1. The summed E-state index contributed by atoms with van der Waals surface area (Å²) in [5.74, 6) is -0.248. The SMILES string of the molecule is O=C(O)C1CCCN1Cc1coc(-c2ccc(Cl)cc2)n1. The zero-order valence-corrected chi connectivity index (χ0v) is 12.1. The summed E-state index contributed by atoms with van der Waals surface area (Å²) in [7, 11) is 0. The van der Waals surface area contributed by atoms with Crippen molar-refractivity contribution in [2.75, 3.05) is 6.54 Å². The number of carboxylic acids is 1. The first-order valence-electron chi connectivity index (χ1n) is 6.80. The molecule has 21 heavy (non-hydrogen) atoms. The van der Waals surface area contributed by atoms with Gasteiger partial charge in [-0.3, -0.25) is 9.69 Å². The molecule has 0 saturated carbocycles. The molecule has 1 aromatic carbocycles. The first kappa shape index (κ1) is 14.1. The molecule has 6 heteroatoms. The molecule has 1 fully saturated rings. The summed E-state index contributed by atoms with van der Waals surface area (Å²) in [6, 6.07) is 6.83. The first-order chi connectivity index (χ1) is 10.1. The van der Waals surface area contributed by atoms with Crippen LogP contribution in [-0.4, -0.2) is 33.5 Å². The van der Waals surface area contributed by atoms with Crippen LogP contribution in [0.2, 0.25) is 5.02 Å². The van der Waals surface area contributed by atoms with Gasteiger partial charge in [0, 0.05) is 17.1 Å². The number of rotatable bonds is 4. The van der Waals surface area contributed by atoms with Gasteiger partial charge in [0.25, 0.3) is 0 Å². The molecule has 110 valence electrons. The van der Waals surface area contributed by atoms with Crippen LogP contribution in [0.4, 0.5) is 0 Å². The smallest absolute Gasteiger partial charge is 0.320 e. The average molecular weight is 307 g/mol. The van der Waals surface area contributed by atoms with E-state index < -0.39 is 12.0 Å². The Bertz CT molecular complexity index is 639. The summed E-state index contributed by atoms with van der Waals surface area (Å²) in [4.78, 5) is 17.5. The predicted molar refractivity (Wildman–Crippen MR) is 78.0 cm³/mol. The largest absolute Gasteiger partial charge is 0.480 e. The Morgan fingerprint density at radius 2 is 2.19 bits per heavy atom. The van der Waals surface area contributed by atoms with E-state index in [2.05, 4.69) is 4.98 Å². The van der Waals surface area contributed by atoms with E-state index in [4.69, 9.17) is 16.0 Å². The lowest BCUT2D eigenvalue weighted by molar-refractivity contribution is -0.142. The Kier molecular flexibility index (Phi) is 3.94. The van der Waals surface area contributed by atoms with Gasteiger partial charge < -0.3 is 9.52 Å². The highest BCUT2D eigenvalue weighted by molar-refractivity contribution is 6.30. The quantitative estimate of drug-likeness (QED) is 0.940. The van der Waals surface area contributed by atoms with Crippen molar-refractivity contribution in [3.63, 3.8) is 0 Å². The fraction of sp³-hybridized carbons (Fsp3) is 0.333. The maximum absolute atomic E-state index is 11.2. The highest BCUT2D eigenvalue weighted by Crippen LogP contribution is 2.23. The molecule has 0 amide bonds. The zero-order valence-electron chi connectivity index (χ0n) is 11.3. The van der Waals surface area contributed by atoms with Gasteiger partial charge in [0.1, 0.15) is 12.3 Å². The minimum Gasteiger partial charge on any atom is -0.480 e. The number of carbonyl (C=O) groups is 1. The van der Waals surface area contributed by atoms with Crippen molar-refractivity contribution in [2.24, 2.45) is 0 Å². The van der Waals surface area contributed by atoms with Crippen LogP contribution in [-0.2, 0) is 11.3 Å². The number of oxazole rings is 1. The van der Waals surface area contributed by atoms with E-state index >= 15 is 0 Å². The van der Waals surface area contributed by atoms with Crippen molar-refractivity contribution in [1.29, 1.82) is 0 Å². The van der Waals surface area contributed by atoms with E-state index in [1.54, 1.807) is 18.4 Å². The Hall–Kier alpha value is -1.85. The number of hydrogen-bond donors (Lipinski definition) is 1. The van der Waals surface area contributed by atoms with E-state index in [0.717, 1.165) is 24.2 Å². The van der Waals surface area contributed by atoms with Gasteiger partial charge in [-0.25, -0.2) is 4.98 Å². The normalized spacial score (nSPS) is 19.0. The van der Waals surface area contributed by atoms with Gasteiger partial charge in [-0.15, -0.1) is 0 Å². The van der Waals surface area contributed by atoms with E-state index in [0.29, 0.717) is 23.9 Å². The molecule has 1 saturated heterocycles. The summed E-state index contributed by atoms with van der Waals surface area (Å²) in [5.41, 5.74) is 1.59. The lowest BCUT2D eigenvalue weighted by Gasteiger charge is -2.19. The fourth-order valence-corrected chi connectivity index (χ4v) is 2.73. The molecule has 1 aliphatic rings. The van der Waals surface area contributed by atoms with Crippen molar-refractivity contribution < 1.29 is 14.3 Å². The number of aliphatic carboxylic acids is 1. The van der Waals surface area contributed by atoms with Crippen LogP contribution in [0.25, 0.3) is 11.5 Å². The molecular weight excluding hydrogens is 292 g/mol. The monoisotopic (exact) mass is 306 g/mol. The van der Waals surface area contributed by atoms with Gasteiger partial charge in [-0.05, 0) is 43.7 Å². The van der Waals surface area contributed by atoms with E-state index in [-0.39, 0.29) is 0 Å². The molecule has 1 aliphatic heterocycles. The molecule has 1 unspecified atom stereocenters. The Morgan fingerprint density at radius 1 is 1.43 bits per heavy atom. The van der Waals surface area contributed by atoms with Crippen LogP contribution in [0, 0.1) is 0 Å². The van der Waals surface area contributed by atoms with Crippen LogP contribution in [0.15, 0.2) is 34.9 Å². The van der Waals surface area contributed by atoms with Crippen LogP contribution in [0.3, 0.4) is 0 Å². The number of aromatic nitrogens is 1. The molecule has 5 nitrogen and oxygen atoms in total. The van der Waals surface area contributed by atoms with Crippen LogP contribution in [0.5, 0.6) is 0 Å². The van der Waals surface area contributed by atoms with Crippen LogP contribution < -0.4 is 0 Å². The van der Waals surface area contributed by atoms with Crippen molar-refractivity contribution in [1.82, 2.24) is 9.88 Å². The molecule has 0 bridgehead atoms. The highest BCUT2D eigenvalue weighted by atomic mass is 35.5. The van der Waals surface area contributed by atoms with Crippen molar-refractivity contribution in [2.45, 2.75) is 25.4 Å². The Labute approximate surface area is 127 Å². The average Bonchev–Trinajstić information content (AvgIpc) is 3.09. The highest BCUT2D eigenvalue weighted by Gasteiger charge is 2.30. The molecule has 2 aromatic rings. The summed E-state index contributed by atoms with van der Waals surface area (Å²) in [6.45, 7) is 1.27. The third-order valence-electron chi connectivity index (χ3n) is 3.66. The summed E-state index contributed by atoms with van der Waals surface area (Å²) in [6.07, 6.45) is 3.18. The van der Waals surface area contributed by atoms with Crippen molar-refractivity contribution in [3.8, 4) is 11.5 Å². The molecule has 3 rings (SSSR count). The first-order valence-corrected chi connectivity index (χ1v) is 7.18. The molecule has 1 atom stereocenters. The second-order valence-electron chi connectivity index (χ2n) is 5.12. The summed E-state index contributed by atoms with van der Waals surface area (Å²) < 4.78 is 5.47. The second kappa shape index (κ2) is 5.87. The molecule has 0 spiro atoms. The Morgan fingerprint density at radius 3 is 2.90 bits per heavy atom. The lowest BCUT2D eigenvalue weighted by atomic mass is 10.2. The second-order valence-corrected chi connectivity index (χ2v) is 5.55. The number of likely N-dealkylation sites (tertiary alicyclic amines) is 1. The maximum atomic E-state index is 11.2. The minimum absolute atomic E-state index is 0.416. The number of hydrogen-bond acceptors (Lipinski definition) is 4. The number of benzene rings is 1. The minimum atomic E-state index is -0.770. The topological polar surface area (TPSA) is 66.6 Å². The third kappa shape index (κ3) is 3.09. The Balaban J connectivity index is 1.73. The van der Waals surface area contributed by atoms with E-state index in [1.165, 1.54) is 0 Å². The van der Waals surface area contributed by atoms with Gasteiger partial charge in [-0.1, -0.05) is 11.6 Å².